The van der Waals surface area contributed by atoms with Gasteiger partial charge in [-0.2, -0.15) is 0 Å². The number of hydrogen-bond donors (Lipinski definition) is 2. The van der Waals surface area contributed by atoms with E-state index in [0.29, 0.717) is 25.1 Å². The van der Waals surface area contributed by atoms with Crippen LogP contribution in [0.2, 0.25) is 0 Å². The molecule has 6 heteroatoms. The lowest BCUT2D eigenvalue weighted by molar-refractivity contribution is -0.0979. The fourth-order valence-corrected chi connectivity index (χ4v) is 2.62. The van der Waals surface area contributed by atoms with Gasteiger partial charge in [0.2, 0.25) is 0 Å². The summed E-state index contributed by atoms with van der Waals surface area (Å²) in [4.78, 5) is 0. The van der Waals surface area contributed by atoms with E-state index in [1.807, 2.05) is 6.20 Å². The third-order valence-electron chi connectivity index (χ3n) is 4.12. The third kappa shape index (κ3) is 3.13. The van der Waals surface area contributed by atoms with Crippen molar-refractivity contribution in [2.75, 3.05) is 13.7 Å². The van der Waals surface area contributed by atoms with Gasteiger partial charge in [0.05, 0.1) is 11.8 Å². The fraction of sp³-hybridized carbons (Fsp3) is 0.846. The highest BCUT2D eigenvalue weighted by atomic mass is 16.5. The van der Waals surface area contributed by atoms with Gasteiger partial charge in [0.1, 0.15) is 0 Å². The zero-order valence-corrected chi connectivity index (χ0v) is 12.0. The molecular weight excluding hydrogens is 244 g/mol. The van der Waals surface area contributed by atoms with Crippen molar-refractivity contribution in [1.29, 1.82) is 0 Å². The van der Waals surface area contributed by atoms with Crippen LogP contribution in [0.5, 0.6) is 0 Å². The summed E-state index contributed by atoms with van der Waals surface area (Å²) in [7, 11) is 1.77. The lowest BCUT2D eigenvalue weighted by Gasteiger charge is -2.51. The first-order chi connectivity index (χ1) is 9.07. The number of aliphatic hydroxyl groups is 1. The van der Waals surface area contributed by atoms with Crippen molar-refractivity contribution >= 4 is 0 Å². The van der Waals surface area contributed by atoms with E-state index in [0.717, 1.165) is 18.7 Å². The van der Waals surface area contributed by atoms with Crippen LogP contribution >= 0.6 is 0 Å². The van der Waals surface area contributed by atoms with Gasteiger partial charge in [-0.15, -0.1) is 5.10 Å². The summed E-state index contributed by atoms with van der Waals surface area (Å²) in [5.41, 5.74) is 1.11. The first kappa shape index (κ1) is 14.4. The van der Waals surface area contributed by atoms with Gasteiger partial charge in [-0.05, 0) is 12.8 Å². The van der Waals surface area contributed by atoms with E-state index < -0.39 is 0 Å². The molecule has 1 saturated carbocycles. The van der Waals surface area contributed by atoms with Crippen LogP contribution in [0, 0.1) is 5.41 Å². The van der Waals surface area contributed by atoms with Gasteiger partial charge in [0, 0.05) is 44.5 Å². The topological polar surface area (TPSA) is 72.2 Å². The highest BCUT2D eigenvalue weighted by Gasteiger charge is 2.48. The molecule has 0 amide bonds. The van der Waals surface area contributed by atoms with Gasteiger partial charge < -0.3 is 15.2 Å². The Morgan fingerprint density at radius 1 is 1.58 bits per heavy atom. The maximum Gasteiger partial charge on any atom is 0.0964 e. The highest BCUT2D eigenvalue weighted by Crippen LogP contribution is 2.42. The Bertz CT molecular complexity index is 405. The van der Waals surface area contributed by atoms with Crippen LogP contribution in [0.25, 0.3) is 0 Å². The largest absolute Gasteiger partial charge is 0.396 e. The van der Waals surface area contributed by atoms with Gasteiger partial charge in [-0.1, -0.05) is 19.1 Å². The Morgan fingerprint density at radius 3 is 3.00 bits per heavy atom. The number of rotatable bonds is 7. The van der Waals surface area contributed by atoms with E-state index in [1.54, 1.807) is 11.8 Å². The minimum Gasteiger partial charge on any atom is -0.396 e. The van der Waals surface area contributed by atoms with Gasteiger partial charge in [-0.25, -0.2) is 0 Å². The molecule has 2 unspecified atom stereocenters. The number of nitrogens with one attached hydrogen (secondary N) is 1. The maximum atomic E-state index is 8.77. The number of aromatic nitrogens is 3. The quantitative estimate of drug-likeness (QED) is 0.756. The molecule has 2 N–H and O–H groups in total. The molecule has 0 saturated heterocycles. The van der Waals surface area contributed by atoms with Crippen molar-refractivity contribution in [2.45, 2.75) is 51.9 Å². The molecule has 1 aromatic heterocycles. The number of ether oxygens (including phenoxy) is 1. The van der Waals surface area contributed by atoms with E-state index in [2.05, 4.69) is 29.5 Å². The molecule has 0 spiro atoms. The molecule has 108 valence electrons. The molecule has 19 heavy (non-hydrogen) atoms. The van der Waals surface area contributed by atoms with Crippen molar-refractivity contribution < 1.29 is 9.84 Å². The van der Waals surface area contributed by atoms with Crippen molar-refractivity contribution in [1.82, 2.24) is 20.3 Å². The number of methoxy groups -OCH3 is 1. The molecule has 1 aliphatic rings. The lowest BCUT2D eigenvalue weighted by atomic mass is 9.64. The molecule has 0 radical (unpaired) electrons. The SMILES string of the molecule is COC1CC(NCc2cn(CCCO)nn2)C1(C)C. The van der Waals surface area contributed by atoms with Crippen molar-refractivity contribution in [2.24, 2.45) is 5.41 Å². The van der Waals surface area contributed by atoms with Crippen LogP contribution in [0.1, 0.15) is 32.4 Å². The van der Waals surface area contributed by atoms with Crippen LogP contribution in [0.4, 0.5) is 0 Å². The van der Waals surface area contributed by atoms with Crippen LogP contribution in [-0.4, -0.2) is 46.0 Å². The van der Waals surface area contributed by atoms with Gasteiger partial charge in [-0.3, -0.25) is 4.68 Å². The zero-order valence-electron chi connectivity index (χ0n) is 12.0. The Hall–Kier alpha value is -0.980. The third-order valence-corrected chi connectivity index (χ3v) is 4.12. The van der Waals surface area contributed by atoms with Crippen molar-refractivity contribution in [3.8, 4) is 0 Å². The molecule has 2 rings (SSSR count). The number of nitrogens with zero attached hydrogens (tertiary/aromatic N) is 3. The molecule has 0 bridgehead atoms. The first-order valence-corrected chi connectivity index (χ1v) is 6.84. The molecule has 6 nitrogen and oxygen atoms in total. The summed E-state index contributed by atoms with van der Waals surface area (Å²) in [5, 5.41) is 20.4. The predicted octanol–water partition coefficient (Wildman–Crippen LogP) is 0.564. The monoisotopic (exact) mass is 268 g/mol. The zero-order chi connectivity index (χ0) is 13.9. The van der Waals surface area contributed by atoms with Gasteiger partial charge in [0.25, 0.3) is 0 Å². The average Bonchev–Trinajstić information content (AvgIpc) is 2.83. The Balaban J connectivity index is 1.78. The van der Waals surface area contributed by atoms with Crippen molar-refractivity contribution in [3.05, 3.63) is 11.9 Å². The molecule has 1 aromatic rings. The van der Waals surface area contributed by atoms with Gasteiger partial charge >= 0.3 is 0 Å². The summed E-state index contributed by atoms with van der Waals surface area (Å²) >= 11 is 0. The van der Waals surface area contributed by atoms with E-state index in [-0.39, 0.29) is 12.0 Å². The summed E-state index contributed by atoms with van der Waals surface area (Å²) in [6, 6.07) is 0.458. The molecule has 1 aliphatic carbocycles. The maximum absolute atomic E-state index is 8.77. The second kappa shape index (κ2) is 5.98. The summed E-state index contributed by atoms with van der Waals surface area (Å²) < 4.78 is 7.21. The van der Waals surface area contributed by atoms with E-state index in [9.17, 15) is 0 Å². The minimum absolute atomic E-state index is 0.168. The summed E-state index contributed by atoms with van der Waals surface area (Å²) in [6.07, 6.45) is 4.02. The normalized spacial score (nSPS) is 25.3. The molecular formula is C13H24N4O2. The Labute approximate surface area is 114 Å². The average molecular weight is 268 g/mol. The Kier molecular flexibility index (Phi) is 4.54. The summed E-state index contributed by atoms with van der Waals surface area (Å²) in [5.74, 6) is 0. The van der Waals surface area contributed by atoms with E-state index in [4.69, 9.17) is 9.84 Å². The molecule has 1 heterocycles. The standard InChI is InChI=1S/C13H24N4O2/c1-13(2)11(7-12(13)19-3)14-8-10-9-17(16-15-10)5-4-6-18/h9,11-12,14,18H,4-8H2,1-3H3. The fourth-order valence-electron chi connectivity index (χ4n) is 2.62. The van der Waals surface area contributed by atoms with Crippen LogP contribution < -0.4 is 5.32 Å². The second-order valence-corrected chi connectivity index (χ2v) is 5.77. The van der Waals surface area contributed by atoms with Crippen LogP contribution in [-0.2, 0) is 17.8 Å². The Morgan fingerprint density at radius 2 is 2.37 bits per heavy atom. The summed E-state index contributed by atoms with van der Waals surface area (Å²) in [6.45, 7) is 6.07. The van der Waals surface area contributed by atoms with E-state index in [1.165, 1.54) is 0 Å². The van der Waals surface area contributed by atoms with E-state index >= 15 is 0 Å². The first-order valence-electron chi connectivity index (χ1n) is 6.84. The van der Waals surface area contributed by atoms with Crippen LogP contribution in [0.3, 0.4) is 0 Å². The molecule has 2 atom stereocenters. The van der Waals surface area contributed by atoms with Crippen LogP contribution in [0.15, 0.2) is 6.20 Å². The number of aliphatic hydroxyl groups excluding tert-OH is 1. The smallest absolute Gasteiger partial charge is 0.0964 e. The minimum atomic E-state index is 0.168. The predicted molar refractivity (Wildman–Crippen MR) is 71.5 cm³/mol. The lowest BCUT2D eigenvalue weighted by Crippen LogP contribution is -2.60. The van der Waals surface area contributed by atoms with Crippen molar-refractivity contribution in [3.63, 3.8) is 0 Å². The molecule has 0 aromatic carbocycles. The molecule has 0 aliphatic heterocycles. The number of aryl methyl sites for hydroxylation is 1. The highest BCUT2D eigenvalue weighted by molar-refractivity contribution is 5.04. The number of hydrogen-bond acceptors (Lipinski definition) is 5. The molecule has 1 fully saturated rings. The van der Waals surface area contributed by atoms with Gasteiger partial charge in [0.15, 0.2) is 0 Å². The second-order valence-electron chi connectivity index (χ2n) is 5.77.